The topological polar surface area (TPSA) is 109 Å². The van der Waals surface area contributed by atoms with Crippen LogP contribution in [0.3, 0.4) is 0 Å². The molecule has 1 rings (SSSR count). The van der Waals surface area contributed by atoms with Crippen LogP contribution in [0.4, 0.5) is 123 Å². The average Bonchev–Trinajstić information content (AvgIpc) is 2.83. The van der Waals surface area contributed by atoms with Crippen molar-refractivity contribution in [3.8, 4) is 0 Å². The Morgan fingerprint density at radius 2 is 0.640 bits per heavy atom. The number of alkyl halides is 28. The zero-order valence-corrected chi connectivity index (χ0v) is 22.6. The van der Waals surface area contributed by atoms with E-state index in [4.69, 9.17) is 9.11 Å². The number of hydrogen-bond acceptors (Lipinski definition) is 4. The van der Waals surface area contributed by atoms with Crippen LogP contribution in [-0.4, -0.2) is 108 Å². The Morgan fingerprint density at radius 3 is 0.840 bits per heavy atom. The highest BCUT2D eigenvalue weighted by Gasteiger charge is 3.08. The average molecular weight is 862 g/mol. The lowest BCUT2D eigenvalue weighted by molar-refractivity contribution is -0.493. The van der Waals surface area contributed by atoms with Crippen molar-refractivity contribution >= 4 is 20.2 Å². The third kappa shape index (κ3) is 5.23. The smallest absolute Gasteiger partial charge is 0.283 e. The van der Waals surface area contributed by atoms with Gasteiger partial charge in [0, 0.05) is 0 Å². The van der Waals surface area contributed by atoms with Crippen LogP contribution in [-0.2, 0) is 20.2 Å². The molecule has 0 saturated heterocycles. The van der Waals surface area contributed by atoms with Crippen LogP contribution in [0, 0.1) is 0 Å². The number of rotatable bonds is 7. The van der Waals surface area contributed by atoms with Gasteiger partial charge in [-0.15, -0.1) is 0 Å². The van der Waals surface area contributed by atoms with E-state index in [0.29, 0.717) is 0 Å². The molecule has 6 nitrogen and oxygen atoms in total. The molecule has 1 saturated carbocycles. The van der Waals surface area contributed by atoms with Gasteiger partial charge in [0.25, 0.3) is 0 Å². The van der Waals surface area contributed by atoms with Crippen molar-refractivity contribution < 1.29 is 149 Å². The Balaban J connectivity index is 0.000000974. The Morgan fingerprint density at radius 1 is 0.380 bits per heavy atom. The van der Waals surface area contributed by atoms with Crippen molar-refractivity contribution in [2.75, 3.05) is 0 Å². The monoisotopic (exact) mass is 862 g/mol. The van der Waals surface area contributed by atoms with Gasteiger partial charge in [-0.1, -0.05) is 0 Å². The Kier molecular flexibility index (Phi) is 10.7. The maximum Gasteiger partial charge on any atom is 0.460 e. The van der Waals surface area contributed by atoms with Crippen LogP contribution in [0.1, 0.15) is 0 Å². The molecular weight excluding hydrogens is 860 g/mol. The molecule has 0 aromatic carbocycles. The van der Waals surface area contributed by atoms with Crippen LogP contribution >= 0.6 is 0 Å². The summed E-state index contributed by atoms with van der Waals surface area (Å²) in [4.78, 5) is 0. The number of hydrogen-bond donors (Lipinski definition) is 2. The molecule has 0 aromatic rings. The van der Waals surface area contributed by atoms with Gasteiger partial charge in [-0.3, -0.25) is 9.11 Å². The second-order valence-corrected chi connectivity index (χ2v) is 11.9. The summed E-state index contributed by atoms with van der Waals surface area (Å²) < 4.78 is 413. The van der Waals surface area contributed by atoms with E-state index in [1.165, 1.54) is 0 Å². The maximum absolute atomic E-state index is 13.8. The van der Waals surface area contributed by atoms with Gasteiger partial charge < -0.3 is 0 Å². The van der Waals surface area contributed by atoms with Crippen molar-refractivity contribution in [3.05, 3.63) is 0 Å². The van der Waals surface area contributed by atoms with Crippen LogP contribution in [0.2, 0.25) is 0 Å². The molecule has 0 heterocycles. The molecule has 0 radical (unpaired) electrons. The van der Waals surface area contributed by atoms with Crippen molar-refractivity contribution in [1.82, 2.24) is 0 Å². The minimum Gasteiger partial charge on any atom is -0.283 e. The van der Waals surface area contributed by atoms with E-state index in [1.807, 2.05) is 0 Å². The molecule has 2 N–H and O–H groups in total. The minimum absolute atomic E-state index is 7.52. The van der Waals surface area contributed by atoms with E-state index in [0.717, 1.165) is 0 Å². The zero-order chi connectivity index (χ0) is 42.0. The highest BCUT2D eigenvalue weighted by Crippen LogP contribution is 2.74. The Bertz CT molecular complexity index is 1490. The largest absolute Gasteiger partial charge is 0.460 e. The molecule has 50 heavy (non-hydrogen) atoms. The first-order valence-corrected chi connectivity index (χ1v) is 12.9. The van der Waals surface area contributed by atoms with Crippen molar-refractivity contribution in [2.24, 2.45) is 0 Å². The van der Waals surface area contributed by atoms with Crippen molar-refractivity contribution in [1.29, 1.82) is 0 Å². The fourth-order valence-corrected chi connectivity index (χ4v) is 4.42. The van der Waals surface area contributed by atoms with Crippen LogP contribution in [0.25, 0.3) is 0 Å². The summed E-state index contributed by atoms with van der Waals surface area (Å²) in [7, 11) is -15.7. The normalized spacial score (nSPS) is 26.9. The minimum atomic E-state index is -8.60. The lowest BCUT2D eigenvalue weighted by atomic mass is 9.69. The Hall–Kier alpha value is -2.14. The molecule has 36 heteroatoms. The van der Waals surface area contributed by atoms with E-state index >= 15 is 0 Å². The molecular formula is C14H2F28O6S2. The van der Waals surface area contributed by atoms with Gasteiger partial charge in [0.05, 0.1) is 0 Å². The molecule has 0 aromatic heterocycles. The second-order valence-electron chi connectivity index (χ2n) is 8.89. The molecule has 1 aliphatic rings. The second kappa shape index (κ2) is 11.2. The van der Waals surface area contributed by atoms with E-state index in [9.17, 15) is 140 Å². The lowest BCUT2D eigenvalue weighted by Crippen LogP contribution is -2.90. The van der Waals surface area contributed by atoms with E-state index < -0.39 is 102 Å². The van der Waals surface area contributed by atoms with Crippen LogP contribution in [0.5, 0.6) is 0 Å². The predicted molar refractivity (Wildman–Crippen MR) is 92.4 cm³/mol. The predicted octanol–water partition coefficient (Wildman–Crippen LogP) is 7.57. The SMILES string of the molecule is O=S(=O)(O)C(F)(F)C(F)(F)C(F)(F)C(F)(F)C(F)(F)C(F)(F)F.O=S(=O)(O)C1(F)C(F)(F)C(F)(F)C(F)(C(F)(F)C(F)(F)F)C(F)(F)C1(F)F. The fraction of sp³-hybridized carbons (Fsp3) is 1.00. The van der Waals surface area contributed by atoms with Crippen molar-refractivity contribution in [2.45, 2.75) is 81.6 Å². The van der Waals surface area contributed by atoms with E-state index in [2.05, 4.69) is 0 Å². The van der Waals surface area contributed by atoms with Gasteiger partial charge in [0.1, 0.15) is 0 Å². The third-order valence-electron chi connectivity index (χ3n) is 5.83. The van der Waals surface area contributed by atoms with E-state index in [1.54, 1.807) is 0 Å². The standard InChI is InChI=1S/C8HF15O3S.C6HF13O3S/c9-1(4(14,15)8(21,22)23)2(10,11)5(16,17)7(20,27(24,25)26)6(18,19)3(1,12)13;7-1(8,3(11,12)5(15,16)17)2(9,10)4(13,14)6(18,19)23(20,21)22/h(H,24,25,26);(H,20,21,22). The lowest BCUT2D eigenvalue weighted by Gasteiger charge is -2.55. The van der Waals surface area contributed by atoms with Gasteiger partial charge in [-0.05, 0) is 0 Å². The van der Waals surface area contributed by atoms with Gasteiger partial charge in [-0.2, -0.15) is 131 Å². The highest BCUT2D eigenvalue weighted by molar-refractivity contribution is 7.87. The first-order valence-electron chi connectivity index (χ1n) is 9.98. The molecule has 0 bridgehead atoms. The third-order valence-corrected chi connectivity index (χ3v) is 7.96. The first-order chi connectivity index (χ1) is 20.8. The fourth-order valence-electron chi connectivity index (χ4n) is 3.06. The quantitative estimate of drug-likeness (QED) is 0.202. The molecule has 1 fully saturated rings. The highest BCUT2D eigenvalue weighted by atomic mass is 32.2. The van der Waals surface area contributed by atoms with Crippen LogP contribution in [0.15, 0.2) is 0 Å². The maximum atomic E-state index is 13.8. The van der Waals surface area contributed by atoms with Gasteiger partial charge in [0.2, 0.25) is 0 Å². The molecule has 0 atom stereocenters. The van der Waals surface area contributed by atoms with E-state index in [-0.39, 0.29) is 0 Å². The number of halogens is 28. The molecule has 0 amide bonds. The molecule has 0 spiro atoms. The van der Waals surface area contributed by atoms with Crippen molar-refractivity contribution in [3.63, 3.8) is 0 Å². The molecule has 0 aliphatic heterocycles. The molecule has 302 valence electrons. The van der Waals surface area contributed by atoms with Crippen LogP contribution < -0.4 is 0 Å². The summed E-state index contributed by atoms with van der Waals surface area (Å²) in [5.74, 6) is -74.3. The molecule has 1 aliphatic carbocycles. The summed E-state index contributed by atoms with van der Waals surface area (Å²) in [6.45, 7) is 0. The summed E-state index contributed by atoms with van der Waals surface area (Å²) >= 11 is 0. The summed E-state index contributed by atoms with van der Waals surface area (Å²) in [6, 6.07) is 0. The summed E-state index contributed by atoms with van der Waals surface area (Å²) in [5, 5.41) is -15.4. The van der Waals surface area contributed by atoms with Gasteiger partial charge in [-0.25, -0.2) is 8.78 Å². The summed E-state index contributed by atoms with van der Waals surface area (Å²) in [5.41, 5.74) is -8.60. The van der Waals surface area contributed by atoms with Gasteiger partial charge >= 0.3 is 102 Å². The Labute approximate surface area is 251 Å². The summed E-state index contributed by atoms with van der Waals surface area (Å²) in [6.07, 6.45) is -15.5. The first kappa shape index (κ1) is 47.9. The van der Waals surface area contributed by atoms with Gasteiger partial charge in [0.15, 0.2) is 0 Å². The molecule has 0 unspecified atom stereocenters. The zero-order valence-electron chi connectivity index (χ0n) is 20.9.